The van der Waals surface area contributed by atoms with Crippen molar-refractivity contribution in [1.82, 2.24) is 14.9 Å². The highest BCUT2D eigenvalue weighted by Crippen LogP contribution is 2.26. The van der Waals surface area contributed by atoms with E-state index in [9.17, 15) is 0 Å². The second-order valence-corrected chi connectivity index (χ2v) is 6.29. The number of ether oxygens (including phenoxy) is 1. The van der Waals surface area contributed by atoms with Gasteiger partial charge in [0.1, 0.15) is 12.4 Å². The van der Waals surface area contributed by atoms with E-state index in [2.05, 4.69) is 52.2 Å². The number of hydrogen-bond acceptors (Lipinski definition) is 3. The van der Waals surface area contributed by atoms with Crippen molar-refractivity contribution >= 4 is 15.9 Å². The maximum atomic E-state index is 5.79. The van der Waals surface area contributed by atoms with Gasteiger partial charge in [-0.05, 0) is 46.1 Å². The molecule has 0 atom stereocenters. The minimum absolute atomic E-state index is 0.625. The number of nitrogens with one attached hydrogen (secondary N) is 1. The SMILES string of the molecule is CC(C)CNCc1ccc(OCCn2ccnc2)c(Br)c1. The summed E-state index contributed by atoms with van der Waals surface area (Å²) in [6.07, 6.45) is 5.50. The molecular weight excluding hydrogens is 330 g/mol. The van der Waals surface area contributed by atoms with Gasteiger partial charge in [-0.25, -0.2) is 4.98 Å². The summed E-state index contributed by atoms with van der Waals surface area (Å²) < 4.78 is 8.79. The van der Waals surface area contributed by atoms with Crippen LogP contribution in [0, 0.1) is 5.92 Å². The van der Waals surface area contributed by atoms with Crippen molar-refractivity contribution in [3.8, 4) is 5.75 Å². The van der Waals surface area contributed by atoms with Crippen LogP contribution in [0.25, 0.3) is 0 Å². The third-order valence-electron chi connectivity index (χ3n) is 3.04. The van der Waals surface area contributed by atoms with E-state index in [4.69, 9.17) is 4.74 Å². The first-order valence-corrected chi connectivity index (χ1v) is 8.02. The molecule has 0 spiro atoms. The second-order valence-electron chi connectivity index (χ2n) is 5.44. The standard InChI is InChI=1S/C16H22BrN3O/c1-13(2)10-19-11-14-3-4-16(15(17)9-14)21-8-7-20-6-5-18-12-20/h3-6,9,12-13,19H,7-8,10-11H2,1-2H3. The molecule has 4 nitrogen and oxygen atoms in total. The summed E-state index contributed by atoms with van der Waals surface area (Å²) in [5.41, 5.74) is 1.25. The van der Waals surface area contributed by atoms with Crippen molar-refractivity contribution in [2.24, 2.45) is 5.92 Å². The molecule has 1 heterocycles. The molecule has 21 heavy (non-hydrogen) atoms. The quantitative estimate of drug-likeness (QED) is 0.791. The summed E-state index contributed by atoms with van der Waals surface area (Å²) in [6.45, 7) is 7.75. The molecule has 0 saturated heterocycles. The van der Waals surface area contributed by atoms with E-state index in [1.807, 2.05) is 16.8 Å². The van der Waals surface area contributed by atoms with Crippen molar-refractivity contribution in [3.63, 3.8) is 0 Å². The highest BCUT2D eigenvalue weighted by atomic mass is 79.9. The Morgan fingerprint density at radius 1 is 1.38 bits per heavy atom. The fourth-order valence-electron chi connectivity index (χ4n) is 1.96. The van der Waals surface area contributed by atoms with Gasteiger partial charge in [-0.2, -0.15) is 0 Å². The number of aromatic nitrogens is 2. The van der Waals surface area contributed by atoms with Crippen LogP contribution < -0.4 is 10.1 Å². The zero-order valence-corrected chi connectivity index (χ0v) is 14.1. The van der Waals surface area contributed by atoms with Crippen LogP contribution in [0.3, 0.4) is 0 Å². The van der Waals surface area contributed by atoms with E-state index in [0.717, 1.165) is 29.9 Å². The van der Waals surface area contributed by atoms with Gasteiger partial charge >= 0.3 is 0 Å². The number of nitrogens with zero attached hydrogens (tertiary/aromatic N) is 2. The Morgan fingerprint density at radius 2 is 2.24 bits per heavy atom. The first kappa shape index (κ1) is 16.0. The lowest BCUT2D eigenvalue weighted by Gasteiger charge is -2.11. The lowest BCUT2D eigenvalue weighted by Crippen LogP contribution is -2.18. The lowest BCUT2D eigenvalue weighted by atomic mass is 10.2. The predicted octanol–water partition coefficient (Wildman–Crippen LogP) is 3.47. The molecule has 5 heteroatoms. The average molecular weight is 352 g/mol. The minimum atomic E-state index is 0.625. The third kappa shape index (κ3) is 5.52. The van der Waals surface area contributed by atoms with E-state index in [1.165, 1.54) is 5.56 Å². The molecule has 0 amide bonds. The van der Waals surface area contributed by atoms with Crippen molar-refractivity contribution < 1.29 is 4.74 Å². The molecule has 0 aliphatic carbocycles. The normalized spacial score (nSPS) is 11.0. The average Bonchev–Trinajstić information content (AvgIpc) is 2.94. The van der Waals surface area contributed by atoms with Crippen molar-refractivity contribution in [1.29, 1.82) is 0 Å². The van der Waals surface area contributed by atoms with Crippen molar-refractivity contribution in [2.45, 2.75) is 26.9 Å². The number of imidazole rings is 1. The fraction of sp³-hybridized carbons (Fsp3) is 0.438. The van der Waals surface area contributed by atoms with Gasteiger partial charge in [-0.1, -0.05) is 19.9 Å². The predicted molar refractivity (Wildman–Crippen MR) is 88.4 cm³/mol. The summed E-state index contributed by atoms with van der Waals surface area (Å²) in [5, 5.41) is 3.44. The summed E-state index contributed by atoms with van der Waals surface area (Å²) in [5.74, 6) is 1.54. The van der Waals surface area contributed by atoms with Gasteiger partial charge in [-0.3, -0.25) is 0 Å². The molecule has 0 aliphatic rings. The van der Waals surface area contributed by atoms with Crippen LogP contribution in [-0.2, 0) is 13.1 Å². The highest BCUT2D eigenvalue weighted by molar-refractivity contribution is 9.10. The minimum Gasteiger partial charge on any atom is -0.491 e. The van der Waals surface area contributed by atoms with Gasteiger partial charge in [0, 0.05) is 18.9 Å². The molecule has 0 fully saturated rings. The monoisotopic (exact) mass is 351 g/mol. The summed E-state index contributed by atoms with van der Waals surface area (Å²) >= 11 is 3.57. The number of halogens is 1. The summed E-state index contributed by atoms with van der Waals surface area (Å²) in [4.78, 5) is 4.01. The van der Waals surface area contributed by atoms with Crippen molar-refractivity contribution in [2.75, 3.05) is 13.2 Å². The lowest BCUT2D eigenvalue weighted by molar-refractivity contribution is 0.296. The van der Waals surface area contributed by atoms with Crippen LogP contribution in [0.15, 0.2) is 41.4 Å². The first-order valence-electron chi connectivity index (χ1n) is 7.23. The Bertz CT molecular complexity index is 540. The molecule has 0 aliphatic heterocycles. The zero-order chi connectivity index (χ0) is 15.1. The molecule has 1 aromatic heterocycles. The molecule has 2 aromatic rings. The fourth-order valence-corrected chi connectivity index (χ4v) is 2.50. The van der Waals surface area contributed by atoms with Crippen LogP contribution >= 0.6 is 15.9 Å². The third-order valence-corrected chi connectivity index (χ3v) is 3.66. The molecule has 0 unspecified atom stereocenters. The van der Waals surface area contributed by atoms with E-state index < -0.39 is 0 Å². The van der Waals surface area contributed by atoms with E-state index >= 15 is 0 Å². The summed E-state index contributed by atoms with van der Waals surface area (Å²) in [7, 11) is 0. The van der Waals surface area contributed by atoms with Crippen LogP contribution in [0.2, 0.25) is 0 Å². The van der Waals surface area contributed by atoms with Crippen molar-refractivity contribution in [3.05, 3.63) is 47.0 Å². The van der Waals surface area contributed by atoms with Crippen LogP contribution in [-0.4, -0.2) is 22.7 Å². The highest BCUT2D eigenvalue weighted by Gasteiger charge is 2.03. The van der Waals surface area contributed by atoms with E-state index in [0.29, 0.717) is 12.5 Å². The number of hydrogen-bond donors (Lipinski definition) is 1. The smallest absolute Gasteiger partial charge is 0.133 e. The van der Waals surface area contributed by atoms with Crippen LogP contribution in [0.4, 0.5) is 0 Å². The Hall–Kier alpha value is -1.33. The topological polar surface area (TPSA) is 39.1 Å². The Balaban J connectivity index is 1.81. The molecule has 0 bridgehead atoms. The first-order chi connectivity index (χ1) is 10.1. The van der Waals surface area contributed by atoms with Gasteiger partial charge in [0.2, 0.25) is 0 Å². The molecule has 1 N–H and O–H groups in total. The largest absolute Gasteiger partial charge is 0.491 e. The van der Waals surface area contributed by atoms with Gasteiger partial charge < -0.3 is 14.6 Å². The van der Waals surface area contributed by atoms with Crippen LogP contribution in [0.1, 0.15) is 19.4 Å². The van der Waals surface area contributed by atoms with Gasteiger partial charge in [-0.15, -0.1) is 0 Å². The molecule has 114 valence electrons. The molecular formula is C16H22BrN3O. The Labute approximate surface area is 134 Å². The van der Waals surface area contributed by atoms with Gasteiger partial charge in [0.25, 0.3) is 0 Å². The number of rotatable bonds is 8. The molecule has 1 aromatic carbocycles. The molecule has 2 rings (SSSR count). The van der Waals surface area contributed by atoms with E-state index in [-0.39, 0.29) is 0 Å². The van der Waals surface area contributed by atoms with Gasteiger partial charge in [0.15, 0.2) is 0 Å². The maximum Gasteiger partial charge on any atom is 0.133 e. The number of benzene rings is 1. The van der Waals surface area contributed by atoms with Crippen LogP contribution in [0.5, 0.6) is 5.75 Å². The maximum absolute atomic E-state index is 5.79. The molecule has 0 saturated carbocycles. The van der Waals surface area contributed by atoms with Gasteiger partial charge in [0.05, 0.1) is 17.3 Å². The molecule has 0 radical (unpaired) electrons. The zero-order valence-electron chi connectivity index (χ0n) is 12.6. The Morgan fingerprint density at radius 3 is 2.90 bits per heavy atom. The summed E-state index contributed by atoms with van der Waals surface area (Å²) in [6, 6.07) is 6.23. The second kappa shape index (κ2) is 8.20. The van der Waals surface area contributed by atoms with E-state index in [1.54, 1.807) is 12.5 Å². The Kier molecular flexibility index (Phi) is 6.26.